The van der Waals surface area contributed by atoms with E-state index in [4.69, 9.17) is 4.74 Å². The highest BCUT2D eigenvalue weighted by molar-refractivity contribution is 8.05. The summed E-state index contributed by atoms with van der Waals surface area (Å²) in [5.41, 5.74) is 2.61. The summed E-state index contributed by atoms with van der Waals surface area (Å²) < 4.78 is 20.3. The number of rotatable bonds is 10. The highest BCUT2D eigenvalue weighted by Crippen LogP contribution is 2.32. The van der Waals surface area contributed by atoms with E-state index in [0.29, 0.717) is 47.7 Å². The first kappa shape index (κ1) is 24.0. The fourth-order valence-electron chi connectivity index (χ4n) is 3.26. The van der Waals surface area contributed by atoms with E-state index < -0.39 is 11.0 Å². The van der Waals surface area contributed by atoms with Crippen LogP contribution in [-0.2, 0) is 15.7 Å². The Kier molecular flexibility index (Phi) is 8.77. The molecule has 6 nitrogen and oxygen atoms in total. The van der Waals surface area contributed by atoms with Gasteiger partial charge in [-0.25, -0.2) is 8.51 Å². The van der Waals surface area contributed by atoms with E-state index in [2.05, 4.69) is 30.6 Å². The monoisotopic (exact) mass is 463 g/mol. The van der Waals surface area contributed by atoms with Gasteiger partial charge < -0.3 is 15.0 Å². The maximum absolute atomic E-state index is 13.2. The van der Waals surface area contributed by atoms with Crippen molar-refractivity contribution in [3.8, 4) is 0 Å². The molecular formula is C23H33N3O3S2. The van der Waals surface area contributed by atoms with Gasteiger partial charge in [-0.2, -0.15) is 0 Å². The lowest BCUT2D eigenvalue weighted by atomic mass is 10.1. The van der Waals surface area contributed by atoms with Crippen molar-refractivity contribution in [1.82, 2.24) is 9.62 Å². The first-order valence-electron chi connectivity index (χ1n) is 10.8. The van der Waals surface area contributed by atoms with Crippen LogP contribution < -0.4 is 10.2 Å². The van der Waals surface area contributed by atoms with Gasteiger partial charge in [0, 0.05) is 32.4 Å². The van der Waals surface area contributed by atoms with Crippen LogP contribution in [0.3, 0.4) is 0 Å². The van der Waals surface area contributed by atoms with Crippen molar-refractivity contribution in [3.05, 3.63) is 46.4 Å². The zero-order chi connectivity index (χ0) is 22.4. The van der Waals surface area contributed by atoms with Gasteiger partial charge >= 0.3 is 0 Å². The highest BCUT2D eigenvalue weighted by atomic mass is 32.2. The molecule has 1 amide bonds. The Bertz CT molecular complexity index is 862. The number of anilines is 1. The van der Waals surface area contributed by atoms with E-state index in [0.717, 1.165) is 18.7 Å². The molecule has 8 heteroatoms. The summed E-state index contributed by atoms with van der Waals surface area (Å²) in [4.78, 5) is 15.9. The van der Waals surface area contributed by atoms with Crippen LogP contribution in [0.15, 0.2) is 45.7 Å². The van der Waals surface area contributed by atoms with Crippen LogP contribution in [-0.4, -0.2) is 54.3 Å². The minimum absolute atomic E-state index is 0.224. The largest absolute Gasteiger partial charge is 0.379 e. The molecule has 1 aliphatic carbocycles. The third-order valence-electron chi connectivity index (χ3n) is 5.47. The quantitative estimate of drug-likeness (QED) is 0.565. The molecule has 170 valence electrons. The minimum Gasteiger partial charge on any atom is -0.379 e. The number of hydrogen-bond donors (Lipinski definition) is 1. The van der Waals surface area contributed by atoms with Crippen molar-refractivity contribution < 1.29 is 13.7 Å². The molecule has 1 aromatic carbocycles. The third kappa shape index (κ3) is 6.94. The maximum atomic E-state index is 13.2. The SMILES string of the molecule is C=C(NC(=O)c1cc(S(=O)N2CCOCC2)ccc1N(C)CC1CC1)S/C=C(\C)CC. The lowest BCUT2D eigenvalue weighted by Crippen LogP contribution is -2.37. The van der Waals surface area contributed by atoms with Crippen LogP contribution in [0.4, 0.5) is 5.69 Å². The molecular weight excluding hydrogens is 430 g/mol. The number of nitrogens with one attached hydrogen (secondary N) is 1. The molecule has 0 bridgehead atoms. The number of hydrogen-bond acceptors (Lipinski definition) is 5. The fourth-order valence-corrected chi connectivity index (χ4v) is 5.11. The molecule has 1 atom stereocenters. The molecule has 2 aliphatic rings. The minimum atomic E-state index is -1.32. The molecule has 1 aromatic rings. The van der Waals surface area contributed by atoms with E-state index in [1.54, 1.807) is 6.07 Å². The number of nitrogens with zero attached hydrogens (tertiary/aromatic N) is 2. The summed E-state index contributed by atoms with van der Waals surface area (Å²) >= 11 is 1.42. The van der Waals surface area contributed by atoms with E-state index in [9.17, 15) is 9.00 Å². The zero-order valence-corrected chi connectivity index (χ0v) is 20.3. The normalized spacial score (nSPS) is 18.5. The van der Waals surface area contributed by atoms with Gasteiger partial charge in [0.25, 0.3) is 5.91 Å². The van der Waals surface area contributed by atoms with Gasteiger partial charge in [-0.3, -0.25) is 4.79 Å². The first-order valence-corrected chi connectivity index (χ1v) is 12.8. The predicted molar refractivity (Wildman–Crippen MR) is 129 cm³/mol. The molecule has 1 saturated heterocycles. The standard InChI is InChI=1S/C23H33N3O3S2/c1-5-17(2)16-30-18(3)24-23(27)21-14-20(31(28)26-10-12-29-13-11-26)8-9-22(21)25(4)15-19-6-7-19/h8-9,14,16,19H,3,5-7,10-13,15H2,1-2,4H3,(H,24,27)/b17-16+. The topological polar surface area (TPSA) is 61.9 Å². The Hall–Kier alpha value is -1.61. The van der Waals surface area contributed by atoms with Crippen LogP contribution in [0.5, 0.6) is 0 Å². The Morgan fingerprint density at radius 2 is 2.10 bits per heavy atom. The Balaban J connectivity index is 1.81. The fraction of sp³-hybridized carbons (Fsp3) is 0.522. The molecule has 0 spiro atoms. The molecule has 1 aliphatic heterocycles. The summed E-state index contributed by atoms with van der Waals surface area (Å²) in [6.07, 6.45) is 3.43. The number of carbonyl (C=O) groups is 1. The number of carbonyl (C=O) groups excluding carboxylic acids is 1. The van der Waals surface area contributed by atoms with Crippen LogP contribution in [0.25, 0.3) is 0 Å². The molecule has 1 saturated carbocycles. The lowest BCUT2D eigenvalue weighted by Gasteiger charge is -2.26. The molecule has 1 N–H and O–H groups in total. The number of allylic oxidation sites excluding steroid dienone is 1. The summed E-state index contributed by atoms with van der Waals surface area (Å²) in [6, 6.07) is 5.56. The Morgan fingerprint density at radius 3 is 2.74 bits per heavy atom. The second-order valence-electron chi connectivity index (χ2n) is 8.11. The van der Waals surface area contributed by atoms with Gasteiger partial charge in [-0.05, 0) is 55.7 Å². The molecule has 1 unspecified atom stereocenters. The highest BCUT2D eigenvalue weighted by Gasteiger charge is 2.26. The van der Waals surface area contributed by atoms with Crippen molar-refractivity contribution in [3.63, 3.8) is 0 Å². The van der Waals surface area contributed by atoms with Crippen molar-refractivity contribution in [2.45, 2.75) is 38.0 Å². The Labute approximate surface area is 192 Å². The number of ether oxygens (including phenoxy) is 1. The second kappa shape index (κ2) is 11.3. The van der Waals surface area contributed by atoms with Gasteiger partial charge in [0.05, 0.1) is 28.7 Å². The zero-order valence-electron chi connectivity index (χ0n) is 18.7. The number of benzene rings is 1. The summed E-state index contributed by atoms with van der Waals surface area (Å²) in [5, 5.41) is 5.50. The van der Waals surface area contributed by atoms with Crippen LogP contribution >= 0.6 is 11.8 Å². The van der Waals surface area contributed by atoms with Crippen molar-refractivity contribution in [1.29, 1.82) is 0 Å². The molecule has 2 fully saturated rings. The van der Waals surface area contributed by atoms with E-state index in [-0.39, 0.29) is 5.91 Å². The summed E-state index contributed by atoms with van der Waals surface area (Å²) in [6.45, 7) is 11.4. The van der Waals surface area contributed by atoms with Crippen LogP contribution in [0.2, 0.25) is 0 Å². The summed E-state index contributed by atoms with van der Waals surface area (Å²) in [5.74, 6) is 0.467. The lowest BCUT2D eigenvalue weighted by molar-refractivity contribution is 0.0752. The van der Waals surface area contributed by atoms with Crippen molar-refractivity contribution in [2.75, 3.05) is 44.8 Å². The molecule has 3 rings (SSSR count). The van der Waals surface area contributed by atoms with Gasteiger partial charge in [0.2, 0.25) is 0 Å². The first-order chi connectivity index (χ1) is 14.9. The smallest absolute Gasteiger partial charge is 0.258 e. The Morgan fingerprint density at radius 1 is 1.39 bits per heavy atom. The van der Waals surface area contributed by atoms with Gasteiger partial charge in [-0.1, -0.05) is 30.8 Å². The number of thioether (sulfide) groups is 1. The van der Waals surface area contributed by atoms with Gasteiger partial charge in [0.1, 0.15) is 11.0 Å². The predicted octanol–water partition coefficient (Wildman–Crippen LogP) is 4.14. The molecule has 0 radical (unpaired) electrons. The number of amides is 1. The third-order valence-corrected chi connectivity index (χ3v) is 7.87. The van der Waals surface area contributed by atoms with Gasteiger partial charge in [0.15, 0.2) is 0 Å². The molecule has 1 heterocycles. The average Bonchev–Trinajstić information content (AvgIpc) is 3.61. The van der Waals surface area contributed by atoms with Crippen molar-refractivity contribution in [2.24, 2.45) is 5.92 Å². The van der Waals surface area contributed by atoms with E-state index >= 15 is 0 Å². The van der Waals surface area contributed by atoms with Crippen LogP contribution in [0.1, 0.15) is 43.5 Å². The van der Waals surface area contributed by atoms with Crippen molar-refractivity contribution >= 4 is 34.3 Å². The average molecular weight is 464 g/mol. The van der Waals surface area contributed by atoms with Gasteiger partial charge in [-0.15, -0.1) is 0 Å². The maximum Gasteiger partial charge on any atom is 0.258 e. The van der Waals surface area contributed by atoms with E-state index in [1.807, 2.05) is 28.9 Å². The second-order valence-corrected chi connectivity index (χ2v) is 10.6. The summed E-state index contributed by atoms with van der Waals surface area (Å²) in [7, 11) is 0.691. The number of morpholine rings is 1. The molecule has 31 heavy (non-hydrogen) atoms. The van der Waals surface area contributed by atoms with Crippen LogP contribution in [0, 0.1) is 5.92 Å². The molecule has 0 aromatic heterocycles. The van der Waals surface area contributed by atoms with E-state index in [1.165, 1.54) is 30.2 Å².